The molecule has 0 heterocycles. The van der Waals surface area contributed by atoms with Gasteiger partial charge in [0.2, 0.25) is 0 Å². The second-order valence-electron chi connectivity index (χ2n) is 1.43. The van der Waals surface area contributed by atoms with E-state index in [9.17, 15) is 0 Å². The summed E-state index contributed by atoms with van der Waals surface area (Å²) in [5.74, 6) is 0. The van der Waals surface area contributed by atoms with Crippen LogP contribution in [0.3, 0.4) is 0 Å². The third kappa shape index (κ3) is 4.00. The molecule has 0 amide bonds. The minimum Gasteiger partial charge on any atom is -0.101 e. The van der Waals surface area contributed by atoms with Crippen LogP contribution in [0.15, 0.2) is 0 Å². The molecular weight excluding hydrogens is 103 g/mol. The first-order valence-electron chi connectivity index (χ1n) is 2.67. The summed E-state index contributed by atoms with van der Waals surface area (Å²) in [4.78, 5) is 0. The largest absolute Gasteiger partial charge is 0.160 e. The molecule has 0 aliphatic heterocycles. The first-order valence-corrected chi connectivity index (χ1v) is 3.08. The number of thiocarbonyl (C=S) groups is 1. The second kappa shape index (κ2) is 4.32. The van der Waals surface area contributed by atoms with Crippen LogP contribution >= 0.6 is 12.2 Å². The molecule has 0 bridgehead atoms. The van der Waals surface area contributed by atoms with Crippen LogP contribution in [-0.2, 0) is 0 Å². The molecule has 0 aliphatic rings. The topological polar surface area (TPSA) is 0 Å². The van der Waals surface area contributed by atoms with Crippen LogP contribution in [0.25, 0.3) is 0 Å². The highest BCUT2D eigenvalue weighted by Gasteiger charge is 1.89. The Morgan fingerprint density at radius 3 is 2.29 bits per heavy atom. The SMILES string of the molecule is CC[B]C(=S)CC. The molecule has 0 aromatic carbocycles. The van der Waals surface area contributed by atoms with Gasteiger partial charge in [-0.15, -0.1) is 12.2 Å². The molecule has 0 aliphatic carbocycles. The highest BCUT2D eigenvalue weighted by Crippen LogP contribution is 1.84. The molecule has 7 heavy (non-hydrogen) atoms. The van der Waals surface area contributed by atoms with E-state index in [1.807, 2.05) is 0 Å². The highest BCUT2D eigenvalue weighted by atomic mass is 32.1. The van der Waals surface area contributed by atoms with E-state index in [1.165, 1.54) is 0 Å². The van der Waals surface area contributed by atoms with Crippen LogP contribution < -0.4 is 0 Å². The van der Waals surface area contributed by atoms with E-state index < -0.39 is 0 Å². The summed E-state index contributed by atoms with van der Waals surface area (Å²) < 4.78 is 1.09. The van der Waals surface area contributed by atoms with E-state index in [1.54, 1.807) is 0 Å². The molecule has 0 aromatic heterocycles. The minimum atomic E-state index is 1.02. The number of hydrogen-bond donors (Lipinski definition) is 0. The lowest BCUT2D eigenvalue weighted by Crippen LogP contribution is -2.01. The van der Waals surface area contributed by atoms with Gasteiger partial charge in [-0.1, -0.05) is 20.2 Å². The van der Waals surface area contributed by atoms with Gasteiger partial charge in [0, 0.05) is 0 Å². The summed E-state index contributed by atoms with van der Waals surface area (Å²) in [5, 5.41) is 0. The lowest BCUT2D eigenvalue weighted by atomic mass is 9.71. The van der Waals surface area contributed by atoms with Gasteiger partial charge < -0.3 is 0 Å². The van der Waals surface area contributed by atoms with Crippen LogP contribution in [-0.4, -0.2) is 12.0 Å². The maximum atomic E-state index is 4.90. The Morgan fingerprint density at radius 2 is 2.14 bits per heavy atom. The standard InChI is InChI=1S/C5H10BS/c1-3-5(7)6-4-2/h3-4H2,1-2H3. The van der Waals surface area contributed by atoms with Gasteiger partial charge in [-0.2, -0.15) is 0 Å². The van der Waals surface area contributed by atoms with Gasteiger partial charge in [0.1, 0.15) is 0 Å². The summed E-state index contributed by atoms with van der Waals surface area (Å²) in [5.41, 5.74) is 0. The Kier molecular flexibility index (Phi) is 4.41. The van der Waals surface area contributed by atoms with E-state index in [0.29, 0.717) is 0 Å². The fraction of sp³-hybridized carbons (Fsp3) is 0.800. The maximum absolute atomic E-state index is 4.90. The summed E-state index contributed by atoms with van der Waals surface area (Å²) in [6.45, 7) is 4.18. The zero-order valence-corrected chi connectivity index (χ0v) is 5.72. The maximum Gasteiger partial charge on any atom is 0.160 e. The molecule has 0 unspecified atom stereocenters. The van der Waals surface area contributed by atoms with Crippen LogP contribution in [0.1, 0.15) is 20.3 Å². The minimum absolute atomic E-state index is 1.02. The molecule has 2 heteroatoms. The van der Waals surface area contributed by atoms with E-state index >= 15 is 0 Å². The molecule has 0 spiro atoms. The summed E-state index contributed by atoms with van der Waals surface area (Å²) in [6, 6.07) is 0. The third-order valence-corrected chi connectivity index (χ3v) is 1.24. The Labute approximate surface area is 51.5 Å². The molecule has 0 N–H and O–H groups in total. The number of hydrogen-bond acceptors (Lipinski definition) is 1. The van der Waals surface area contributed by atoms with Crippen LogP contribution in [0.5, 0.6) is 0 Å². The van der Waals surface area contributed by atoms with E-state index in [0.717, 1.165) is 17.5 Å². The zero-order chi connectivity index (χ0) is 5.70. The van der Waals surface area contributed by atoms with Crippen molar-refractivity contribution in [1.82, 2.24) is 0 Å². The second-order valence-corrected chi connectivity index (χ2v) is 1.96. The normalized spacial score (nSPS) is 8.29. The molecule has 0 nitrogen and oxygen atoms in total. The Morgan fingerprint density at radius 1 is 1.57 bits per heavy atom. The van der Waals surface area contributed by atoms with E-state index in [2.05, 4.69) is 21.1 Å². The molecular formula is C5H10BS. The molecule has 0 fully saturated rings. The zero-order valence-electron chi connectivity index (χ0n) is 4.90. The Balaban J connectivity index is 3.00. The van der Waals surface area contributed by atoms with Crippen molar-refractivity contribution in [3.8, 4) is 0 Å². The Hall–Kier alpha value is 0.155. The highest BCUT2D eigenvalue weighted by molar-refractivity contribution is 7.83. The van der Waals surface area contributed by atoms with Gasteiger partial charge in [-0.25, -0.2) is 0 Å². The van der Waals surface area contributed by atoms with Crippen molar-refractivity contribution < 1.29 is 0 Å². The van der Waals surface area contributed by atoms with Crippen molar-refractivity contribution in [2.75, 3.05) is 0 Å². The molecule has 0 saturated carbocycles. The van der Waals surface area contributed by atoms with Crippen molar-refractivity contribution >= 4 is 24.3 Å². The van der Waals surface area contributed by atoms with Crippen molar-refractivity contribution in [2.24, 2.45) is 0 Å². The van der Waals surface area contributed by atoms with E-state index in [4.69, 9.17) is 12.2 Å². The summed E-state index contributed by atoms with van der Waals surface area (Å²) >= 11 is 4.90. The summed E-state index contributed by atoms with van der Waals surface area (Å²) in [6.07, 6.45) is 2.09. The fourth-order valence-electron chi connectivity index (χ4n) is 0.372. The molecule has 39 valence electrons. The van der Waals surface area contributed by atoms with Crippen LogP contribution in [0.4, 0.5) is 0 Å². The lowest BCUT2D eigenvalue weighted by Gasteiger charge is -1.89. The van der Waals surface area contributed by atoms with E-state index in [-0.39, 0.29) is 0 Å². The number of rotatable bonds is 3. The van der Waals surface area contributed by atoms with Gasteiger partial charge in [0.25, 0.3) is 0 Å². The fourth-order valence-corrected chi connectivity index (χ4v) is 0.539. The average molecular weight is 113 g/mol. The van der Waals surface area contributed by atoms with Gasteiger partial charge in [-0.3, -0.25) is 0 Å². The third-order valence-electron chi connectivity index (χ3n) is 0.780. The van der Waals surface area contributed by atoms with Crippen molar-refractivity contribution in [2.45, 2.75) is 26.6 Å². The monoisotopic (exact) mass is 113 g/mol. The quantitative estimate of drug-likeness (QED) is 0.397. The van der Waals surface area contributed by atoms with Gasteiger partial charge in [-0.05, 0) is 11.2 Å². The van der Waals surface area contributed by atoms with Gasteiger partial charge in [0.15, 0.2) is 7.28 Å². The first-order chi connectivity index (χ1) is 3.31. The lowest BCUT2D eigenvalue weighted by molar-refractivity contribution is 1.33. The van der Waals surface area contributed by atoms with Gasteiger partial charge >= 0.3 is 0 Å². The predicted octanol–water partition coefficient (Wildman–Crippen LogP) is 1.87. The summed E-state index contributed by atoms with van der Waals surface area (Å²) in [7, 11) is 2.08. The molecule has 0 aromatic rings. The molecule has 1 radical (unpaired) electrons. The average Bonchev–Trinajstić information content (AvgIpc) is 1.68. The van der Waals surface area contributed by atoms with Gasteiger partial charge in [0.05, 0.1) is 0 Å². The smallest absolute Gasteiger partial charge is 0.101 e. The predicted molar refractivity (Wildman–Crippen MR) is 39.1 cm³/mol. The van der Waals surface area contributed by atoms with Crippen molar-refractivity contribution in [3.63, 3.8) is 0 Å². The Bertz CT molecular complexity index is 61.1. The van der Waals surface area contributed by atoms with Crippen LogP contribution in [0, 0.1) is 0 Å². The van der Waals surface area contributed by atoms with Crippen molar-refractivity contribution in [1.29, 1.82) is 0 Å². The van der Waals surface area contributed by atoms with Crippen LogP contribution in [0.2, 0.25) is 6.32 Å². The molecule has 0 rings (SSSR count). The first kappa shape index (κ1) is 7.15. The van der Waals surface area contributed by atoms with Crippen molar-refractivity contribution in [3.05, 3.63) is 0 Å². The molecule has 0 saturated heterocycles. The molecule has 0 atom stereocenters.